The molecule has 0 saturated carbocycles. The van der Waals surface area contributed by atoms with Crippen molar-refractivity contribution in [2.45, 2.75) is 60.0 Å². The molecule has 2 amide bonds. The smallest absolute Gasteiger partial charge is 0.258 e. The third-order valence-corrected chi connectivity index (χ3v) is 8.17. The minimum Gasteiger partial charge on any atom is -0.352 e. The first-order chi connectivity index (χ1) is 19.5. The zero-order valence-corrected chi connectivity index (χ0v) is 24.8. The molecule has 0 atom stereocenters. The van der Waals surface area contributed by atoms with E-state index in [2.05, 4.69) is 41.4 Å². The minimum atomic E-state index is -0.507. The summed E-state index contributed by atoms with van der Waals surface area (Å²) in [6.45, 7) is 12.0. The molecule has 1 saturated heterocycles. The quantitative estimate of drug-likeness (QED) is 0.414. The van der Waals surface area contributed by atoms with E-state index in [4.69, 9.17) is 0 Å². The SMILES string of the molecule is Cc1ccc2c(c1)Nc1c(cnn1C)CN2C(=O)c1ccc(CNC(=O)C2CCN(CCC(C)(C)C)CC2)c(F)c1. The molecular weight excluding hydrogens is 519 g/mol. The molecular formula is C32H41FN6O2. The highest BCUT2D eigenvalue weighted by Crippen LogP contribution is 2.37. The number of rotatable bonds is 6. The van der Waals surface area contributed by atoms with Gasteiger partial charge in [-0.2, -0.15) is 5.10 Å². The van der Waals surface area contributed by atoms with Crippen LogP contribution in [0.2, 0.25) is 0 Å². The highest BCUT2D eigenvalue weighted by Gasteiger charge is 2.28. The van der Waals surface area contributed by atoms with Gasteiger partial charge in [0.05, 0.1) is 24.1 Å². The summed E-state index contributed by atoms with van der Waals surface area (Å²) in [4.78, 5) is 30.6. The van der Waals surface area contributed by atoms with Gasteiger partial charge in [-0.3, -0.25) is 14.3 Å². The van der Waals surface area contributed by atoms with E-state index in [1.165, 1.54) is 6.07 Å². The Hall–Kier alpha value is -3.72. The molecule has 0 radical (unpaired) electrons. The predicted molar refractivity (Wildman–Crippen MR) is 160 cm³/mol. The second-order valence-corrected chi connectivity index (χ2v) is 12.6. The summed E-state index contributed by atoms with van der Waals surface area (Å²) in [6, 6.07) is 10.4. The number of carbonyl (C=O) groups is 2. The van der Waals surface area contributed by atoms with Gasteiger partial charge < -0.3 is 20.4 Å². The average Bonchev–Trinajstić information content (AvgIpc) is 3.18. The molecule has 1 fully saturated rings. The fourth-order valence-corrected chi connectivity index (χ4v) is 5.53. The standard InChI is InChI=1S/C32H41FN6O2/c1-21-6-9-28-27(16-21)36-29-25(19-35-37(29)5)20-39(28)31(41)23-7-8-24(26(33)17-23)18-34-30(40)22-10-13-38(14-11-22)15-12-32(2,3)4/h6-9,16-17,19,22,36H,10-15,18,20H2,1-5H3,(H,34,40). The normalized spacial score (nSPS) is 16.0. The number of benzene rings is 2. The Bertz CT molecular complexity index is 1430. The minimum absolute atomic E-state index is 0.0312. The Morgan fingerprint density at radius 2 is 1.88 bits per heavy atom. The summed E-state index contributed by atoms with van der Waals surface area (Å²) in [5, 5.41) is 10.7. The van der Waals surface area contributed by atoms with Gasteiger partial charge >= 0.3 is 0 Å². The number of amides is 2. The molecule has 41 heavy (non-hydrogen) atoms. The number of nitrogens with zero attached hydrogens (tertiary/aromatic N) is 4. The van der Waals surface area contributed by atoms with E-state index >= 15 is 4.39 Å². The first-order valence-corrected chi connectivity index (χ1v) is 14.5. The molecule has 9 heteroatoms. The van der Waals surface area contributed by atoms with Crippen LogP contribution in [0.15, 0.2) is 42.6 Å². The second-order valence-electron chi connectivity index (χ2n) is 12.6. The van der Waals surface area contributed by atoms with Gasteiger partial charge in [-0.1, -0.05) is 32.9 Å². The largest absolute Gasteiger partial charge is 0.352 e. The maximum atomic E-state index is 15.2. The average molecular weight is 561 g/mol. The fourth-order valence-electron chi connectivity index (χ4n) is 5.53. The van der Waals surface area contributed by atoms with Crippen LogP contribution in [0.1, 0.15) is 67.1 Å². The molecule has 0 unspecified atom stereocenters. The van der Waals surface area contributed by atoms with Crippen molar-refractivity contribution in [3.63, 3.8) is 0 Å². The summed E-state index contributed by atoms with van der Waals surface area (Å²) < 4.78 is 17.0. The van der Waals surface area contributed by atoms with Gasteiger partial charge in [0.2, 0.25) is 5.91 Å². The van der Waals surface area contributed by atoms with Crippen LogP contribution in [0.4, 0.5) is 21.6 Å². The van der Waals surface area contributed by atoms with E-state index in [-0.39, 0.29) is 29.8 Å². The van der Waals surface area contributed by atoms with E-state index in [1.807, 2.05) is 32.2 Å². The number of halogens is 1. The monoisotopic (exact) mass is 560 g/mol. The van der Waals surface area contributed by atoms with Gasteiger partial charge in [0.15, 0.2) is 0 Å². The van der Waals surface area contributed by atoms with Gasteiger partial charge in [-0.05, 0) is 81.1 Å². The Morgan fingerprint density at radius 3 is 2.59 bits per heavy atom. The maximum absolute atomic E-state index is 15.2. The third-order valence-electron chi connectivity index (χ3n) is 8.17. The number of anilines is 3. The molecule has 3 aromatic rings. The van der Waals surface area contributed by atoms with Gasteiger partial charge in [0.25, 0.3) is 5.91 Å². The molecule has 2 aliphatic rings. The summed E-state index contributed by atoms with van der Waals surface area (Å²) in [5.41, 5.74) is 4.35. The van der Waals surface area contributed by atoms with Gasteiger partial charge in [-0.25, -0.2) is 4.39 Å². The van der Waals surface area contributed by atoms with Crippen molar-refractivity contribution in [3.8, 4) is 0 Å². The lowest BCUT2D eigenvalue weighted by molar-refractivity contribution is -0.126. The van der Waals surface area contributed by atoms with E-state index in [0.717, 1.165) is 67.2 Å². The van der Waals surface area contributed by atoms with E-state index in [1.54, 1.807) is 27.9 Å². The second kappa shape index (κ2) is 11.6. The topological polar surface area (TPSA) is 82.5 Å². The highest BCUT2D eigenvalue weighted by atomic mass is 19.1. The molecule has 3 heterocycles. The number of likely N-dealkylation sites (tertiary alicyclic amines) is 1. The van der Waals surface area contributed by atoms with E-state index in [9.17, 15) is 9.59 Å². The molecule has 0 spiro atoms. The number of aromatic nitrogens is 2. The lowest BCUT2D eigenvalue weighted by Gasteiger charge is -2.33. The van der Waals surface area contributed by atoms with Crippen molar-refractivity contribution in [1.82, 2.24) is 20.0 Å². The van der Waals surface area contributed by atoms with Gasteiger partial charge in [0.1, 0.15) is 11.6 Å². The number of aryl methyl sites for hydroxylation is 2. The maximum Gasteiger partial charge on any atom is 0.258 e. The van der Waals surface area contributed by atoms with Crippen LogP contribution >= 0.6 is 0 Å². The molecule has 5 rings (SSSR count). The lowest BCUT2D eigenvalue weighted by atomic mass is 9.90. The lowest BCUT2D eigenvalue weighted by Crippen LogP contribution is -2.41. The van der Waals surface area contributed by atoms with Crippen LogP contribution in [0, 0.1) is 24.1 Å². The van der Waals surface area contributed by atoms with E-state index < -0.39 is 5.82 Å². The summed E-state index contributed by atoms with van der Waals surface area (Å²) in [7, 11) is 1.85. The summed E-state index contributed by atoms with van der Waals surface area (Å²) in [6.07, 6.45) is 4.50. The number of carbonyl (C=O) groups excluding carboxylic acids is 2. The fraction of sp³-hybridized carbons (Fsp3) is 0.469. The van der Waals surface area contributed by atoms with Crippen molar-refractivity contribution in [3.05, 3.63) is 70.7 Å². The van der Waals surface area contributed by atoms with Crippen molar-refractivity contribution < 1.29 is 14.0 Å². The molecule has 218 valence electrons. The van der Waals surface area contributed by atoms with Crippen LogP contribution < -0.4 is 15.5 Å². The van der Waals surface area contributed by atoms with Crippen molar-refractivity contribution in [1.29, 1.82) is 0 Å². The Labute approximate surface area is 241 Å². The molecule has 2 aliphatic heterocycles. The van der Waals surface area contributed by atoms with Crippen molar-refractivity contribution in [2.24, 2.45) is 18.4 Å². The molecule has 0 aliphatic carbocycles. The number of nitrogens with one attached hydrogen (secondary N) is 2. The van der Waals surface area contributed by atoms with E-state index in [0.29, 0.717) is 17.5 Å². The number of piperidine rings is 1. The summed E-state index contributed by atoms with van der Waals surface area (Å²) >= 11 is 0. The Kier molecular flexibility index (Phi) is 8.18. The van der Waals surface area contributed by atoms with Crippen LogP contribution in [-0.4, -0.2) is 46.1 Å². The molecule has 1 aromatic heterocycles. The van der Waals surface area contributed by atoms with Gasteiger partial charge in [-0.15, -0.1) is 0 Å². The van der Waals surface area contributed by atoms with Crippen LogP contribution in [0.25, 0.3) is 0 Å². The Balaban J connectivity index is 1.23. The number of fused-ring (bicyclic) bond motifs is 2. The predicted octanol–water partition coefficient (Wildman–Crippen LogP) is 5.54. The molecule has 2 aromatic carbocycles. The molecule has 2 N–H and O–H groups in total. The van der Waals surface area contributed by atoms with Gasteiger partial charge in [0, 0.05) is 36.2 Å². The van der Waals surface area contributed by atoms with Crippen LogP contribution in [0.3, 0.4) is 0 Å². The first kappa shape index (κ1) is 28.8. The van der Waals surface area contributed by atoms with Crippen LogP contribution in [-0.2, 0) is 24.9 Å². The molecule has 0 bridgehead atoms. The highest BCUT2D eigenvalue weighted by molar-refractivity contribution is 6.08. The van der Waals surface area contributed by atoms with Crippen molar-refractivity contribution in [2.75, 3.05) is 29.9 Å². The molecule has 8 nitrogen and oxygen atoms in total. The van der Waals surface area contributed by atoms with Crippen molar-refractivity contribution >= 4 is 29.0 Å². The Morgan fingerprint density at radius 1 is 1.12 bits per heavy atom. The zero-order chi connectivity index (χ0) is 29.3. The first-order valence-electron chi connectivity index (χ1n) is 14.5. The van der Waals surface area contributed by atoms with Crippen LogP contribution in [0.5, 0.6) is 0 Å². The third kappa shape index (κ3) is 6.62. The summed E-state index contributed by atoms with van der Waals surface area (Å²) in [5.74, 6) is -0.0765. The number of hydrogen-bond donors (Lipinski definition) is 2. The zero-order valence-electron chi connectivity index (χ0n) is 24.8. The number of hydrogen-bond acceptors (Lipinski definition) is 5.